The van der Waals surface area contributed by atoms with Gasteiger partial charge in [0, 0.05) is 11.2 Å². The molecule has 4 nitrogen and oxygen atoms in total. The highest BCUT2D eigenvalue weighted by Gasteiger charge is 1.95. The van der Waals surface area contributed by atoms with E-state index < -0.39 is 0 Å². The highest BCUT2D eigenvalue weighted by atomic mass is 35.5. The van der Waals surface area contributed by atoms with E-state index in [0.717, 1.165) is 5.75 Å². The molecule has 0 bridgehead atoms. The van der Waals surface area contributed by atoms with Crippen molar-refractivity contribution in [3.63, 3.8) is 0 Å². The summed E-state index contributed by atoms with van der Waals surface area (Å²) in [6.07, 6.45) is 3.43. The first-order chi connectivity index (χ1) is 7.34. The van der Waals surface area contributed by atoms with Gasteiger partial charge in [-0.25, -0.2) is 4.68 Å². The summed E-state index contributed by atoms with van der Waals surface area (Å²) in [5.74, 6) is 0.766. The number of rotatable bonds is 4. The van der Waals surface area contributed by atoms with E-state index in [1.54, 1.807) is 23.1 Å². The molecule has 1 aromatic heterocycles. The molecule has 0 atom stereocenters. The molecule has 5 heteroatoms. The summed E-state index contributed by atoms with van der Waals surface area (Å²) in [5, 5.41) is 8.20. The fourth-order valence-electron chi connectivity index (χ4n) is 1.17. The zero-order valence-corrected chi connectivity index (χ0v) is 8.76. The molecular weight excluding hydrogens is 214 g/mol. The molecule has 2 aromatic rings. The van der Waals surface area contributed by atoms with Crippen molar-refractivity contribution in [2.45, 2.75) is 6.54 Å². The SMILES string of the molecule is Clc1cccc(OCCn2ccnn2)c1. The Morgan fingerprint density at radius 1 is 1.40 bits per heavy atom. The van der Waals surface area contributed by atoms with Gasteiger partial charge in [0.1, 0.15) is 12.4 Å². The zero-order valence-electron chi connectivity index (χ0n) is 8.01. The molecule has 0 aliphatic rings. The molecule has 0 unspecified atom stereocenters. The number of nitrogens with zero attached hydrogens (tertiary/aromatic N) is 3. The Morgan fingerprint density at radius 2 is 2.33 bits per heavy atom. The van der Waals surface area contributed by atoms with E-state index >= 15 is 0 Å². The molecule has 2 rings (SSSR count). The quantitative estimate of drug-likeness (QED) is 0.796. The summed E-state index contributed by atoms with van der Waals surface area (Å²) in [4.78, 5) is 0. The minimum atomic E-state index is 0.545. The maximum atomic E-state index is 5.82. The summed E-state index contributed by atoms with van der Waals surface area (Å²) < 4.78 is 7.20. The predicted molar refractivity (Wildman–Crippen MR) is 57.0 cm³/mol. The summed E-state index contributed by atoms with van der Waals surface area (Å²) in [7, 11) is 0. The standard InChI is InChI=1S/C10H10ClN3O/c11-9-2-1-3-10(8-9)15-7-6-14-5-4-12-13-14/h1-5,8H,6-7H2. The third-order valence-electron chi connectivity index (χ3n) is 1.86. The van der Waals surface area contributed by atoms with Crippen molar-refractivity contribution in [2.24, 2.45) is 0 Å². The van der Waals surface area contributed by atoms with Crippen LogP contribution in [0.2, 0.25) is 5.02 Å². The summed E-state index contributed by atoms with van der Waals surface area (Å²) in [6.45, 7) is 1.22. The second-order valence-electron chi connectivity index (χ2n) is 2.97. The molecule has 0 amide bonds. The van der Waals surface area contributed by atoms with E-state index in [1.165, 1.54) is 0 Å². The van der Waals surface area contributed by atoms with Crippen molar-refractivity contribution >= 4 is 11.6 Å². The Balaban J connectivity index is 1.83. The van der Waals surface area contributed by atoms with Crippen LogP contribution in [0.1, 0.15) is 0 Å². The van der Waals surface area contributed by atoms with Crippen LogP contribution < -0.4 is 4.74 Å². The van der Waals surface area contributed by atoms with E-state index in [1.807, 2.05) is 18.2 Å². The average molecular weight is 224 g/mol. The molecule has 0 aliphatic heterocycles. The lowest BCUT2D eigenvalue weighted by Gasteiger charge is -2.05. The monoisotopic (exact) mass is 223 g/mol. The molecule has 0 spiro atoms. The number of ether oxygens (including phenoxy) is 1. The second-order valence-corrected chi connectivity index (χ2v) is 3.41. The van der Waals surface area contributed by atoms with Crippen molar-refractivity contribution in [3.8, 4) is 5.75 Å². The normalized spacial score (nSPS) is 10.2. The van der Waals surface area contributed by atoms with Crippen molar-refractivity contribution < 1.29 is 4.74 Å². The number of benzene rings is 1. The first-order valence-corrected chi connectivity index (χ1v) is 4.95. The van der Waals surface area contributed by atoms with Crippen LogP contribution in [-0.4, -0.2) is 21.6 Å². The molecule has 78 valence electrons. The van der Waals surface area contributed by atoms with E-state index in [9.17, 15) is 0 Å². The van der Waals surface area contributed by atoms with E-state index in [2.05, 4.69) is 10.3 Å². The van der Waals surface area contributed by atoms with Gasteiger partial charge >= 0.3 is 0 Å². The topological polar surface area (TPSA) is 39.9 Å². The Labute approximate surface area is 92.4 Å². The smallest absolute Gasteiger partial charge is 0.120 e. The second kappa shape index (κ2) is 4.79. The van der Waals surface area contributed by atoms with Gasteiger partial charge in [0.2, 0.25) is 0 Å². The van der Waals surface area contributed by atoms with Crippen molar-refractivity contribution in [1.29, 1.82) is 0 Å². The highest BCUT2D eigenvalue weighted by Crippen LogP contribution is 2.16. The number of aromatic nitrogens is 3. The number of hydrogen-bond donors (Lipinski definition) is 0. The highest BCUT2D eigenvalue weighted by molar-refractivity contribution is 6.30. The van der Waals surface area contributed by atoms with Crippen LogP contribution in [0, 0.1) is 0 Å². The molecule has 0 fully saturated rings. The van der Waals surface area contributed by atoms with Gasteiger partial charge in [-0.2, -0.15) is 0 Å². The Kier molecular flexibility index (Phi) is 3.19. The van der Waals surface area contributed by atoms with Gasteiger partial charge < -0.3 is 4.74 Å². The van der Waals surface area contributed by atoms with Gasteiger partial charge in [-0.15, -0.1) is 5.10 Å². The Hall–Kier alpha value is -1.55. The number of hydrogen-bond acceptors (Lipinski definition) is 3. The van der Waals surface area contributed by atoms with Gasteiger partial charge in [0.25, 0.3) is 0 Å². The summed E-state index contributed by atoms with van der Waals surface area (Å²) >= 11 is 5.82. The molecule has 0 N–H and O–H groups in total. The van der Waals surface area contributed by atoms with Crippen LogP contribution in [0.5, 0.6) is 5.75 Å². The lowest BCUT2D eigenvalue weighted by atomic mass is 10.3. The Morgan fingerprint density at radius 3 is 3.07 bits per heavy atom. The molecular formula is C10H10ClN3O. The molecule has 0 saturated carbocycles. The minimum Gasteiger partial charge on any atom is -0.492 e. The van der Waals surface area contributed by atoms with Gasteiger partial charge in [-0.05, 0) is 18.2 Å². The van der Waals surface area contributed by atoms with Crippen LogP contribution >= 0.6 is 11.6 Å². The van der Waals surface area contributed by atoms with Crippen LogP contribution in [-0.2, 0) is 6.54 Å². The maximum Gasteiger partial charge on any atom is 0.120 e. The lowest BCUT2D eigenvalue weighted by Crippen LogP contribution is -2.08. The fraction of sp³-hybridized carbons (Fsp3) is 0.200. The predicted octanol–water partition coefficient (Wildman–Crippen LogP) is 2.01. The van der Waals surface area contributed by atoms with Crippen molar-refractivity contribution in [1.82, 2.24) is 15.0 Å². The van der Waals surface area contributed by atoms with Gasteiger partial charge in [0.05, 0.1) is 12.7 Å². The average Bonchev–Trinajstić information content (AvgIpc) is 2.71. The van der Waals surface area contributed by atoms with Gasteiger partial charge in [-0.3, -0.25) is 0 Å². The molecule has 1 aromatic carbocycles. The first-order valence-electron chi connectivity index (χ1n) is 4.57. The summed E-state index contributed by atoms with van der Waals surface area (Å²) in [6, 6.07) is 7.31. The lowest BCUT2D eigenvalue weighted by molar-refractivity contribution is 0.290. The first kappa shape index (κ1) is 9.98. The van der Waals surface area contributed by atoms with Gasteiger partial charge in [0.15, 0.2) is 0 Å². The van der Waals surface area contributed by atoms with E-state index in [4.69, 9.17) is 16.3 Å². The van der Waals surface area contributed by atoms with Crippen LogP contribution in [0.3, 0.4) is 0 Å². The third kappa shape index (κ3) is 2.95. The molecule has 1 heterocycles. The minimum absolute atomic E-state index is 0.545. The van der Waals surface area contributed by atoms with E-state index in [0.29, 0.717) is 18.2 Å². The van der Waals surface area contributed by atoms with Crippen LogP contribution in [0.4, 0.5) is 0 Å². The van der Waals surface area contributed by atoms with Crippen molar-refractivity contribution in [3.05, 3.63) is 41.7 Å². The third-order valence-corrected chi connectivity index (χ3v) is 2.09. The van der Waals surface area contributed by atoms with Crippen molar-refractivity contribution in [2.75, 3.05) is 6.61 Å². The van der Waals surface area contributed by atoms with E-state index in [-0.39, 0.29) is 0 Å². The Bertz CT molecular complexity index is 416. The fourth-order valence-corrected chi connectivity index (χ4v) is 1.35. The molecule has 0 aliphatic carbocycles. The maximum absolute atomic E-state index is 5.82. The molecule has 15 heavy (non-hydrogen) atoms. The van der Waals surface area contributed by atoms with Gasteiger partial charge in [-0.1, -0.05) is 22.9 Å². The van der Waals surface area contributed by atoms with Crippen LogP contribution in [0.25, 0.3) is 0 Å². The zero-order chi connectivity index (χ0) is 10.5. The molecule has 0 saturated heterocycles. The largest absolute Gasteiger partial charge is 0.492 e. The van der Waals surface area contributed by atoms with Crippen LogP contribution in [0.15, 0.2) is 36.7 Å². The number of halogens is 1. The summed E-state index contributed by atoms with van der Waals surface area (Å²) in [5.41, 5.74) is 0. The molecule has 0 radical (unpaired) electrons.